The fourth-order valence-electron chi connectivity index (χ4n) is 4.28. The molecule has 1 saturated carbocycles. The maximum absolute atomic E-state index is 6.05. The minimum Gasteiger partial charge on any atom is -0.401 e. The van der Waals surface area contributed by atoms with Gasteiger partial charge in [-0.15, -0.1) is 0 Å². The molecule has 0 aromatic heterocycles. The van der Waals surface area contributed by atoms with Gasteiger partial charge >= 0.3 is 0 Å². The summed E-state index contributed by atoms with van der Waals surface area (Å²) in [5.74, 6) is 1.43. The molecule has 0 aromatic rings. The van der Waals surface area contributed by atoms with E-state index >= 15 is 0 Å². The third-order valence-electron chi connectivity index (χ3n) is 5.72. The molecule has 2 rings (SSSR count). The van der Waals surface area contributed by atoms with E-state index in [0.717, 1.165) is 31.2 Å². The van der Waals surface area contributed by atoms with E-state index in [1.807, 2.05) is 6.08 Å². The zero-order chi connectivity index (χ0) is 18.1. The first-order valence-electron chi connectivity index (χ1n) is 8.93. The van der Waals surface area contributed by atoms with E-state index in [9.17, 15) is 0 Å². The number of piperazine rings is 1. The molecule has 4 heteroatoms. The molecule has 0 radical (unpaired) electrons. The minimum atomic E-state index is 0.107. The first-order valence-corrected chi connectivity index (χ1v) is 8.93. The van der Waals surface area contributed by atoms with Crippen LogP contribution in [0.2, 0.25) is 0 Å². The Morgan fingerprint density at radius 1 is 1.21 bits per heavy atom. The molecule has 0 amide bonds. The van der Waals surface area contributed by atoms with E-state index in [4.69, 9.17) is 5.73 Å². The van der Waals surface area contributed by atoms with Gasteiger partial charge in [0.05, 0.1) is 17.4 Å². The SMILES string of the molecule is C=CC(=C)N1CCN(C(=C)N(C)C(C(=C)N)C(C)C)CC12CCC2. The lowest BCUT2D eigenvalue weighted by Crippen LogP contribution is -2.65. The molecule has 1 aliphatic heterocycles. The van der Waals surface area contributed by atoms with Crippen LogP contribution >= 0.6 is 0 Å². The number of rotatable bonds is 7. The van der Waals surface area contributed by atoms with Crippen LogP contribution in [0.4, 0.5) is 0 Å². The molecule has 24 heavy (non-hydrogen) atoms. The normalized spacial score (nSPS) is 20.5. The second-order valence-corrected chi connectivity index (χ2v) is 7.64. The average molecular weight is 331 g/mol. The Morgan fingerprint density at radius 2 is 1.83 bits per heavy atom. The minimum absolute atomic E-state index is 0.107. The molecule has 2 aliphatic rings. The summed E-state index contributed by atoms with van der Waals surface area (Å²) < 4.78 is 0. The molecule has 134 valence electrons. The molecule has 0 bridgehead atoms. The van der Waals surface area contributed by atoms with Crippen molar-refractivity contribution in [3.63, 3.8) is 0 Å². The second-order valence-electron chi connectivity index (χ2n) is 7.64. The molecular weight excluding hydrogens is 296 g/mol. The summed E-state index contributed by atoms with van der Waals surface area (Å²) in [4.78, 5) is 7.05. The molecule has 1 atom stereocenters. The predicted molar refractivity (Wildman–Crippen MR) is 103 cm³/mol. The number of nitrogens with zero attached hydrogens (tertiary/aromatic N) is 3. The van der Waals surface area contributed by atoms with Crippen molar-refractivity contribution in [3.8, 4) is 0 Å². The van der Waals surface area contributed by atoms with E-state index in [1.54, 1.807) is 0 Å². The van der Waals surface area contributed by atoms with Crippen LogP contribution in [0, 0.1) is 5.92 Å². The summed E-state index contributed by atoms with van der Waals surface area (Å²) in [6.07, 6.45) is 5.59. The number of hydrogen-bond acceptors (Lipinski definition) is 4. The zero-order valence-electron chi connectivity index (χ0n) is 15.7. The molecule has 2 fully saturated rings. The predicted octanol–water partition coefficient (Wildman–Crippen LogP) is 3.13. The highest BCUT2D eigenvalue weighted by molar-refractivity contribution is 5.20. The van der Waals surface area contributed by atoms with Gasteiger partial charge in [-0.3, -0.25) is 0 Å². The van der Waals surface area contributed by atoms with E-state index in [2.05, 4.69) is 61.9 Å². The van der Waals surface area contributed by atoms with Gasteiger partial charge in [-0.05, 0) is 31.3 Å². The highest BCUT2D eigenvalue weighted by atomic mass is 15.4. The molecule has 1 aliphatic carbocycles. The van der Waals surface area contributed by atoms with Gasteiger partial charge in [-0.2, -0.15) is 0 Å². The van der Waals surface area contributed by atoms with Crippen LogP contribution in [0.3, 0.4) is 0 Å². The number of nitrogens with two attached hydrogens (primary N) is 1. The van der Waals surface area contributed by atoms with Crippen LogP contribution in [0.25, 0.3) is 0 Å². The molecule has 4 nitrogen and oxygen atoms in total. The smallest absolute Gasteiger partial charge is 0.0969 e. The van der Waals surface area contributed by atoms with Crippen LogP contribution in [-0.2, 0) is 0 Å². The number of hydrogen-bond donors (Lipinski definition) is 1. The van der Waals surface area contributed by atoms with Crippen LogP contribution in [0.1, 0.15) is 33.1 Å². The van der Waals surface area contributed by atoms with Crippen molar-refractivity contribution >= 4 is 0 Å². The summed E-state index contributed by atoms with van der Waals surface area (Å²) in [7, 11) is 2.08. The number of likely N-dealkylation sites (N-methyl/N-ethyl adjacent to an activating group) is 1. The summed E-state index contributed by atoms with van der Waals surface area (Å²) >= 11 is 0. The Bertz CT molecular complexity index is 530. The molecule has 1 heterocycles. The van der Waals surface area contributed by atoms with Gasteiger partial charge in [-0.25, -0.2) is 0 Å². The fourth-order valence-corrected chi connectivity index (χ4v) is 4.28. The summed E-state index contributed by atoms with van der Waals surface area (Å²) in [5.41, 5.74) is 7.99. The molecule has 2 N–H and O–H groups in total. The maximum atomic E-state index is 6.05. The molecule has 1 saturated heterocycles. The van der Waals surface area contributed by atoms with Crippen molar-refractivity contribution in [3.05, 3.63) is 49.6 Å². The van der Waals surface area contributed by atoms with Gasteiger partial charge in [0.25, 0.3) is 0 Å². The third-order valence-corrected chi connectivity index (χ3v) is 5.72. The lowest BCUT2D eigenvalue weighted by atomic mass is 9.73. The van der Waals surface area contributed by atoms with E-state index in [0.29, 0.717) is 11.6 Å². The molecule has 0 aromatic carbocycles. The van der Waals surface area contributed by atoms with Gasteiger partial charge in [0.2, 0.25) is 0 Å². The first kappa shape index (κ1) is 18.5. The lowest BCUT2D eigenvalue weighted by molar-refractivity contribution is -0.0271. The lowest BCUT2D eigenvalue weighted by Gasteiger charge is -2.58. The van der Waals surface area contributed by atoms with Gasteiger partial charge in [0.15, 0.2) is 0 Å². The quantitative estimate of drug-likeness (QED) is 0.728. The zero-order valence-corrected chi connectivity index (χ0v) is 15.7. The topological polar surface area (TPSA) is 35.7 Å². The van der Waals surface area contributed by atoms with Crippen molar-refractivity contribution in [1.82, 2.24) is 14.7 Å². The van der Waals surface area contributed by atoms with Gasteiger partial charge in [0, 0.05) is 38.1 Å². The highest BCUT2D eigenvalue weighted by Gasteiger charge is 2.47. The largest absolute Gasteiger partial charge is 0.401 e. The summed E-state index contributed by atoms with van der Waals surface area (Å²) in [6, 6.07) is 0.107. The Balaban J connectivity index is 2.13. The Kier molecular flexibility index (Phi) is 5.36. The van der Waals surface area contributed by atoms with Gasteiger partial charge in [0.1, 0.15) is 0 Å². The van der Waals surface area contributed by atoms with Crippen LogP contribution in [0.5, 0.6) is 0 Å². The highest BCUT2D eigenvalue weighted by Crippen LogP contribution is 2.43. The molecule has 1 unspecified atom stereocenters. The summed E-state index contributed by atoms with van der Waals surface area (Å²) in [6.45, 7) is 23.7. The van der Waals surface area contributed by atoms with Crippen molar-refractivity contribution in [2.75, 3.05) is 26.7 Å². The maximum Gasteiger partial charge on any atom is 0.0969 e. The average Bonchev–Trinajstić information content (AvgIpc) is 2.50. The standard InChI is InChI=1S/C20H34N4/c1-8-16(4)24-13-12-23(14-20(24)10-9-11-20)18(6)22(7)19(15(2)3)17(5)21/h8,15,19H,1,4-6,9-14,21H2,2-3,7H3. The number of allylic oxidation sites excluding steroid dienone is 1. The van der Waals surface area contributed by atoms with Crippen LogP contribution < -0.4 is 5.73 Å². The van der Waals surface area contributed by atoms with E-state index in [1.165, 1.54) is 19.3 Å². The Hall–Kier alpha value is -1.84. The monoisotopic (exact) mass is 330 g/mol. The Labute approximate surface area is 148 Å². The molecular formula is C20H34N4. The van der Waals surface area contributed by atoms with Crippen molar-refractivity contribution in [2.24, 2.45) is 11.7 Å². The second kappa shape index (κ2) is 6.96. The fraction of sp³-hybridized carbons (Fsp3) is 0.600. The Morgan fingerprint density at radius 3 is 2.25 bits per heavy atom. The van der Waals surface area contributed by atoms with Crippen LogP contribution in [-0.4, -0.2) is 53.0 Å². The van der Waals surface area contributed by atoms with Gasteiger partial charge < -0.3 is 20.4 Å². The van der Waals surface area contributed by atoms with E-state index < -0.39 is 0 Å². The van der Waals surface area contributed by atoms with E-state index in [-0.39, 0.29) is 11.6 Å². The molecule has 1 spiro atoms. The van der Waals surface area contributed by atoms with Crippen molar-refractivity contribution < 1.29 is 0 Å². The van der Waals surface area contributed by atoms with Gasteiger partial charge in [-0.1, -0.05) is 40.2 Å². The van der Waals surface area contributed by atoms with Crippen molar-refractivity contribution in [1.29, 1.82) is 0 Å². The third kappa shape index (κ3) is 3.19. The van der Waals surface area contributed by atoms with Crippen molar-refractivity contribution in [2.45, 2.75) is 44.7 Å². The van der Waals surface area contributed by atoms with Crippen LogP contribution in [0.15, 0.2) is 49.6 Å². The summed E-state index contributed by atoms with van der Waals surface area (Å²) in [5, 5.41) is 0. The first-order chi connectivity index (χ1) is 11.2.